The van der Waals surface area contributed by atoms with Crippen LogP contribution < -0.4 is 5.32 Å². The molecule has 2 aromatic carbocycles. The maximum Gasteiger partial charge on any atom is 0.405 e. The molecule has 39 heavy (non-hydrogen) atoms. The third-order valence-electron chi connectivity index (χ3n) is 7.07. The number of hydrogen-bond donors (Lipinski definition) is 3. The number of imidazole rings is 1. The van der Waals surface area contributed by atoms with Crippen LogP contribution in [0.25, 0.3) is 33.5 Å². The van der Waals surface area contributed by atoms with Gasteiger partial charge in [0.25, 0.3) is 5.91 Å². The Kier molecular flexibility index (Phi) is 6.47. The lowest BCUT2D eigenvalue weighted by atomic mass is 10.1. The number of nitrogens with zero attached hydrogens (tertiary/aromatic N) is 5. The molecular weight excluding hydrogens is 566 g/mol. The Morgan fingerprint density at radius 1 is 1.03 bits per heavy atom. The standard InChI is InChI=1S/C27H24BrN7O4/c28-17-7-8-18-20(12-17)29-13-21(31-18)15-3-5-16(6-4-15)22-14-30-25(32-22)23-2-1-11-34-24(36)10-9-19(33-27(38)39)26(37)35(23)34/h3-8,12-14,19,23,33H,1-2,9-11H2,(H,30,32)(H,38,39)/t19-,23-/m0/s1. The van der Waals surface area contributed by atoms with Crippen molar-refractivity contribution in [2.75, 3.05) is 6.54 Å². The molecule has 12 heteroatoms. The van der Waals surface area contributed by atoms with E-state index in [-0.39, 0.29) is 18.7 Å². The number of carboxylic acid groups (broad SMARTS) is 1. The minimum Gasteiger partial charge on any atom is -0.465 e. The predicted molar refractivity (Wildman–Crippen MR) is 145 cm³/mol. The molecule has 3 amide bonds. The van der Waals surface area contributed by atoms with Crippen LogP contribution in [0.2, 0.25) is 0 Å². The zero-order chi connectivity index (χ0) is 27.1. The van der Waals surface area contributed by atoms with Crippen molar-refractivity contribution in [2.24, 2.45) is 0 Å². The topological polar surface area (TPSA) is 144 Å². The van der Waals surface area contributed by atoms with Crippen molar-refractivity contribution < 1.29 is 19.5 Å². The molecule has 4 aromatic rings. The summed E-state index contributed by atoms with van der Waals surface area (Å²) in [6.45, 7) is 0.408. The van der Waals surface area contributed by atoms with Crippen LogP contribution in [0.1, 0.15) is 37.5 Å². The van der Waals surface area contributed by atoms with Crippen LogP contribution in [-0.4, -0.2) is 65.6 Å². The van der Waals surface area contributed by atoms with Gasteiger partial charge in [-0.1, -0.05) is 40.2 Å². The number of nitrogens with one attached hydrogen (secondary N) is 2. The van der Waals surface area contributed by atoms with E-state index in [2.05, 4.69) is 36.2 Å². The van der Waals surface area contributed by atoms with E-state index in [1.165, 1.54) is 10.0 Å². The number of carbonyl (C=O) groups is 3. The van der Waals surface area contributed by atoms with E-state index >= 15 is 0 Å². The molecular formula is C27H24BrN7O4. The van der Waals surface area contributed by atoms with Crippen molar-refractivity contribution in [3.63, 3.8) is 0 Å². The lowest BCUT2D eigenvalue weighted by Gasteiger charge is -2.42. The van der Waals surface area contributed by atoms with Crippen LogP contribution >= 0.6 is 15.9 Å². The van der Waals surface area contributed by atoms with Crippen molar-refractivity contribution in [3.05, 3.63) is 65.2 Å². The first-order valence-corrected chi connectivity index (χ1v) is 13.4. The van der Waals surface area contributed by atoms with Crippen LogP contribution in [0.4, 0.5) is 4.79 Å². The molecule has 2 aromatic heterocycles. The molecule has 4 heterocycles. The van der Waals surface area contributed by atoms with Gasteiger partial charge >= 0.3 is 6.09 Å². The average Bonchev–Trinajstić information content (AvgIpc) is 3.40. The van der Waals surface area contributed by atoms with Crippen molar-refractivity contribution in [2.45, 2.75) is 37.8 Å². The van der Waals surface area contributed by atoms with Gasteiger partial charge in [-0.15, -0.1) is 0 Å². The number of halogens is 1. The number of H-pyrrole nitrogens is 1. The molecule has 0 radical (unpaired) electrons. The van der Waals surface area contributed by atoms with Gasteiger partial charge in [-0.05, 0) is 43.0 Å². The Morgan fingerprint density at radius 2 is 1.82 bits per heavy atom. The van der Waals surface area contributed by atoms with E-state index in [0.717, 1.165) is 38.0 Å². The fourth-order valence-corrected chi connectivity index (χ4v) is 5.51. The minimum absolute atomic E-state index is 0.0921. The van der Waals surface area contributed by atoms with Gasteiger partial charge in [0, 0.05) is 23.0 Å². The number of aromatic nitrogens is 4. The maximum atomic E-state index is 13.3. The second kappa shape index (κ2) is 10.1. The fourth-order valence-electron chi connectivity index (χ4n) is 5.16. The molecule has 0 bridgehead atoms. The number of benzene rings is 2. The molecule has 0 saturated carbocycles. The van der Waals surface area contributed by atoms with Gasteiger partial charge < -0.3 is 15.4 Å². The number of hydrogen-bond acceptors (Lipinski definition) is 6. The van der Waals surface area contributed by atoms with Gasteiger partial charge in [-0.3, -0.25) is 19.6 Å². The Balaban J connectivity index is 1.25. The molecule has 0 spiro atoms. The molecule has 2 aliphatic heterocycles. The molecule has 2 aliphatic rings. The van der Waals surface area contributed by atoms with Crippen LogP contribution in [-0.2, 0) is 9.59 Å². The molecule has 3 N–H and O–H groups in total. The van der Waals surface area contributed by atoms with Crippen LogP contribution in [0, 0.1) is 0 Å². The monoisotopic (exact) mass is 589 g/mol. The Morgan fingerprint density at radius 3 is 2.62 bits per heavy atom. The lowest BCUT2D eigenvalue weighted by molar-refractivity contribution is -0.174. The first kappa shape index (κ1) is 25.0. The Labute approximate surface area is 231 Å². The summed E-state index contributed by atoms with van der Waals surface area (Å²) in [4.78, 5) is 54.5. The number of aromatic amines is 1. The zero-order valence-corrected chi connectivity index (χ0v) is 22.3. The zero-order valence-electron chi connectivity index (χ0n) is 20.7. The second-order valence-electron chi connectivity index (χ2n) is 9.55. The summed E-state index contributed by atoms with van der Waals surface area (Å²) >= 11 is 3.45. The summed E-state index contributed by atoms with van der Waals surface area (Å²) in [5.74, 6) is -0.101. The average molecular weight is 590 g/mol. The lowest BCUT2D eigenvalue weighted by Crippen LogP contribution is -2.57. The molecule has 2 atom stereocenters. The summed E-state index contributed by atoms with van der Waals surface area (Å²) in [5, 5.41) is 14.3. The summed E-state index contributed by atoms with van der Waals surface area (Å²) in [6.07, 6.45) is 3.67. The van der Waals surface area contributed by atoms with E-state index < -0.39 is 24.1 Å². The molecule has 11 nitrogen and oxygen atoms in total. The van der Waals surface area contributed by atoms with Crippen molar-refractivity contribution in [1.82, 2.24) is 35.3 Å². The van der Waals surface area contributed by atoms with Gasteiger partial charge in [0.15, 0.2) is 0 Å². The largest absolute Gasteiger partial charge is 0.465 e. The first-order valence-electron chi connectivity index (χ1n) is 12.6. The number of fused-ring (bicyclic) bond motifs is 2. The summed E-state index contributed by atoms with van der Waals surface area (Å²) in [7, 11) is 0. The first-order chi connectivity index (χ1) is 18.9. The van der Waals surface area contributed by atoms with E-state index in [1.54, 1.807) is 12.4 Å². The molecule has 2 saturated heterocycles. The predicted octanol–water partition coefficient (Wildman–Crippen LogP) is 4.29. The van der Waals surface area contributed by atoms with Gasteiger partial charge in [-0.2, -0.15) is 0 Å². The second-order valence-corrected chi connectivity index (χ2v) is 10.5. The maximum absolute atomic E-state index is 13.3. The molecule has 2 fully saturated rings. The third kappa shape index (κ3) is 4.83. The minimum atomic E-state index is -1.30. The van der Waals surface area contributed by atoms with Crippen LogP contribution in [0.15, 0.2) is 59.3 Å². The quantitative estimate of drug-likeness (QED) is 0.322. The van der Waals surface area contributed by atoms with Crippen molar-refractivity contribution in [1.29, 1.82) is 0 Å². The molecule has 198 valence electrons. The van der Waals surface area contributed by atoms with Gasteiger partial charge in [-0.25, -0.2) is 19.8 Å². The van der Waals surface area contributed by atoms with E-state index in [0.29, 0.717) is 25.2 Å². The highest BCUT2D eigenvalue weighted by Crippen LogP contribution is 2.34. The molecule has 0 aliphatic carbocycles. The summed E-state index contributed by atoms with van der Waals surface area (Å²) < 4.78 is 0.949. The van der Waals surface area contributed by atoms with Crippen molar-refractivity contribution in [3.8, 4) is 22.5 Å². The number of rotatable bonds is 4. The SMILES string of the molecule is O=C(O)N[C@H]1CCC(=O)N2CCC[C@@H](c3ncc(-c4ccc(-c5cnc6cc(Br)ccc6n5)cc4)[nH]3)N2C1=O. The van der Waals surface area contributed by atoms with Crippen LogP contribution in [0.3, 0.4) is 0 Å². The number of carbonyl (C=O) groups excluding carboxylic acids is 2. The van der Waals surface area contributed by atoms with Gasteiger partial charge in [0.2, 0.25) is 5.91 Å². The van der Waals surface area contributed by atoms with Crippen LogP contribution in [0.5, 0.6) is 0 Å². The van der Waals surface area contributed by atoms with Gasteiger partial charge in [0.05, 0.1) is 34.8 Å². The van der Waals surface area contributed by atoms with Gasteiger partial charge in [0.1, 0.15) is 17.9 Å². The highest BCUT2D eigenvalue weighted by atomic mass is 79.9. The normalized spacial score (nSPS) is 19.6. The highest BCUT2D eigenvalue weighted by Gasteiger charge is 2.43. The van der Waals surface area contributed by atoms with Crippen molar-refractivity contribution >= 4 is 44.9 Å². The summed E-state index contributed by atoms with van der Waals surface area (Å²) in [6, 6.07) is 12.1. The fraction of sp³-hybridized carbons (Fsp3) is 0.259. The van der Waals surface area contributed by atoms with E-state index in [1.807, 2.05) is 42.5 Å². The molecule has 0 unspecified atom stereocenters. The smallest absolute Gasteiger partial charge is 0.405 e. The Bertz CT molecular complexity index is 1590. The highest BCUT2D eigenvalue weighted by molar-refractivity contribution is 9.10. The molecule has 6 rings (SSSR count). The Hall–Kier alpha value is -4.32. The summed E-state index contributed by atoms with van der Waals surface area (Å²) in [5.41, 5.74) is 4.96. The van der Waals surface area contributed by atoms with E-state index in [9.17, 15) is 19.5 Å². The third-order valence-corrected chi connectivity index (χ3v) is 7.56. The number of amides is 3. The number of hydrazine groups is 1. The van der Waals surface area contributed by atoms with E-state index in [4.69, 9.17) is 4.98 Å².